The summed E-state index contributed by atoms with van der Waals surface area (Å²) in [7, 11) is -0.579. The van der Waals surface area contributed by atoms with Gasteiger partial charge in [-0.25, -0.2) is 13.2 Å². The van der Waals surface area contributed by atoms with Gasteiger partial charge < -0.3 is 20.1 Å². The summed E-state index contributed by atoms with van der Waals surface area (Å²) in [6.45, 7) is 0.191. The fourth-order valence-electron chi connectivity index (χ4n) is 2.43. The first kappa shape index (κ1) is 20.4. The van der Waals surface area contributed by atoms with Crippen molar-refractivity contribution in [2.24, 2.45) is 0 Å². The summed E-state index contributed by atoms with van der Waals surface area (Å²) in [4.78, 5) is 11.9. The van der Waals surface area contributed by atoms with Crippen LogP contribution in [0.1, 0.15) is 0 Å². The summed E-state index contributed by atoms with van der Waals surface area (Å²) in [6, 6.07) is 13.4. The summed E-state index contributed by atoms with van der Waals surface area (Å²) in [5.41, 5.74) is 1.07. The SMILES string of the molecule is COc1ccc(N(CCNC(=O)Nc2ccccc2)S(C)(=O)=O)cc1OC. The number of amides is 2. The number of hydrogen-bond donors (Lipinski definition) is 2. The highest BCUT2D eigenvalue weighted by molar-refractivity contribution is 7.92. The highest BCUT2D eigenvalue weighted by Gasteiger charge is 2.19. The molecule has 2 rings (SSSR count). The van der Waals surface area contributed by atoms with Crippen LogP contribution in [-0.2, 0) is 10.0 Å². The Morgan fingerprint density at radius 2 is 1.70 bits per heavy atom. The third-order valence-electron chi connectivity index (χ3n) is 3.69. The van der Waals surface area contributed by atoms with E-state index in [2.05, 4.69) is 10.6 Å². The molecule has 0 atom stereocenters. The van der Waals surface area contributed by atoms with Crippen LogP contribution in [-0.4, -0.2) is 48.0 Å². The van der Waals surface area contributed by atoms with Gasteiger partial charge in [0.15, 0.2) is 11.5 Å². The Labute approximate surface area is 159 Å². The van der Waals surface area contributed by atoms with Crippen LogP contribution in [0.2, 0.25) is 0 Å². The molecule has 0 radical (unpaired) electrons. The number of rotatable bonds is 8. The van der Waals surface area contributed by atoms with Crippen molar-refractivity contribution in [1.29, 1.82) is 0 Å². The zero-order valence-electron chi connectivity index (χ0n) is 15.4. The molecule has 0 unspecified atom stereocenters. The quantitative estimate of drug-likeness (QED) is 0.717. The van der Waals surface area contributed by atoms with Crippen molar-refractivity contribution in [3.63, 3.8) is 0 Å². The van der Waals surface area contributed by atoms with Crippen LogP contribution in [0, 0.1) is 0 Å². The molecule has 2 aromatic carbocycles. The Hall–Kier alpha value is -2.94. The summed E-state index contributed by atoms with van der Waals surface area (Å²) in [6.07, 6.45) is 1.10. The lowest BCUT2D eigenvalue weighted by atomic mass is 10.2. The lowest BCUT2D eigenvalue weighted by Gasteiger charge is -2.23. The average Bonchev–Trinajstić information content (AvgIpc) is 2.64. The van der Waals surface area contributed by atoms with E-state index in [1.54, 1.807) is 42.5 Å². The van der Waals surface area contributed by atoms with E-state index in [1.165, 1.54) is 18.5 Å². The van der Waals surface area contributed by atoms with E-state index in [4.69, 9.17) is 9.47 Å². The third-order valence-corrected chi connectivity index (χ3v) is 4.88. The molecule has 0 aliphatic carbocycles. The van der Waals surface area contributed by atoms with Crippen molar-refractivity contribution in [1.82, 2.24) is 5.32 Å². The van der Waals surface area contributed by atoms with Gasteiger partial charge in [0.1, 0.15) is 0 Å². The van der Waals surface area contributed by atoms with E-state index in [1.807, 2.05) is 6.07 Å². The summed E-state index contributed by atoms with van der Waals surface area (Å²) in [5.74, 6) is 0.911. The monoisotopic (exact) mass is 393 g/mol. The molecule has 0 saturated heterocycles. The Balaban J connectivity index is 2.04. The molecular weight excluding hydrogens is 370 g/mol. The van der Waals surface area contributed by atoms with Crippen molar-refractivity contribution in [3.05, 3.63) is 48.5 Å². The Morgan fingerprint density at radius 3 is 2.30 bits per heavy atom. The first-order valence-corrected chi connectivity index (χ1v) is 9.99. The predicted molar refractivity (Wildman–Crippen MR) is 105 cm³/mol. The molecule has 0 aliphatic heterocycles. The third kappa shape index (κ3) is 5.78. The van der Waals surface area contributed by atoms with Crippen LogP contribution < -0.4 is 24.4 Å². The van der Waals surface area contributed by atoms with Gasteiger partial charge in [0, 0.05) is 18.3 Å². The minimum atomic E-state index is -3.55. The molecule has 0 fully saturated rings. The normalized spacial score (nSPS) is 10.8. The summed E-state index contributed by atoms with van der Waals surface area (Å²) < 4.78 is 35.9. The number of anilines is 2. The van der Waals surface area contributed by atoms with E-state index in [0.29, 0.717) is 22.9 Å². The largest absolute Gasteiger partial charge is 0.493 e. The van der Waals surface area contributed by atoms with Gasteiger partial charge in [0.05, 0.1) is 32.7 Å². The van der Waals surface area contributed by atoms with E-state index in [9.17, 15) is 13.2 Å². The summed E-state index contributed by atoms with van der Waals surface area (Å²) in [5, 5.41) is 5.32. The van der Waals surface area contributed by atoms with Crippen molar-refractivity contribution < 1.29 is 22.7 Å². The molecule has 27 heavy (non-hydrogen) atoms. The van der Waals surface area contributed by atoms with Crippen LogP contribution in [0.25, 0.3) is 0 Å². The number of carbonyl (C=O) groups is 1. The zero-order chi connectivity index (χ0) is 19.9. The highest BCUT2D eigenvalue weighted by Crippen LogP contribution is 2.32. The fourth-order valence-corrected chi connectivity index (χ4v) is 3.35. The second-order valence-corrected chi connectivity index (χ2v) is 7.53. The number of urea groups is 1. The summed E-state index contributed by atoms with van der Waals surface area (Å²) >= 11 is 0. The zero-order valence-corrected chi connectivity index (χ0v) is 16.2. The minimum Gasteiger partial charge on any atom is -0.493 e. The number of carbonyl (C=O) groups excluding carboxylic acids is 1. The molecule has 9 heteroatoms. The molecule has 0 aliphatic rings. The minimum absolute atomic E-state index is 0.0660. The number of methoxy groups -OCH3 is 2. The molecule has 2 N–H and O–H groups in total. The van der Waals surface area contributed by atoms with Gasteiger partial charge in [-0.3, -0.25) is 4.31 Å². The fraction of sp³-hybridized carbons (Fsp3) is 0.278. The number of nitrogens with zero attached hydrogens (tertiary/aromatic N) is 1. The lowest BCUT2D eigenvalue weighted by Crippen LogP contribution is -2.39. The van der Waals surface area contributed by atoms with Gasteiger partial charge in [-0.05, 0) is 24.3 Å². The molecule has 0 saturated carbocycles. The maximum atomic E-state index is 12.2. The van der Waals surface area contributed by atoms with Gasteiger partial charge >= 0.3 is 6.03 Å². The van der Waals surface area contributed by atoms with Crippen LogP contribution in [0.15, 0.2) is 48.5 Å². The first-order valence-electron chi connectivity index (χ1n) is 8.15. The van der Waals surface area contributed by atoms with Gasteiger partial charge in [-0.15, -0.1) is 0 Å². The standard InChI is InChI=1S/C18H23N3O5S/c1-25-16-10-9-15(13-17(16)26-2)21(27(3,23)24)12-11-19-18(22)20-14-7-5-4-6-8-14/h4-10,13H,11-12H2,1-3H3,(H2,19,20,22). The first-order chi connectivity index (χ1) is 12.8. The molecule has 8 nitrogen and oxygen atoms in total. The van der Waals surface area contributed by atoms with E-state index < -0.39 is 16.1 Å². The second-order valence-electron chi connectivity index (χ2n) is 5.62. The number of para-hydroxylation sites is 1. The highest BCUT2D eigenvalue weighted by atomic mass is 32.2. The molecule has 0 aromatic heterocycles. The molecule has 2 aromatic rings. The van der Waals surface area contributed by atoms with Gasteiger partial charge in [0.2, 0.25) is 10.0 Å². The van der Waals surface area contributed by atoms with E-state index in [0.717, 1.165) is 6.26 Å². The van der Waals surface area contributed by atoms with Crippen LogP contribution in [0.3, 0.4) is 0 Å². The smallest absolute Gasteiger partial charge is 0.319 e. The number of ether oxygens (including phenoxy) is 2. The molecular formula is C18H23N3O5S. The van der Waals surface area contributed by atoms with E-state index >= 15 is 0 Å². The molecule has 0 bridgehead atoms. The predicted octanol–water partition coefficient (Wildman–Crippen LogP) is 2.29. The molecule has 146 valence electrons. The Morgan fingerprint density at radius 1 is 1.04 bits per heavy atom. The average molecular weight is 393 g/mol. The number of benzene rings is 2. The van der Waals surface area contributed by atoms with Gasteiger partial charge in [-0.2, -0.15) is 0 Å². The van der Waals surface area contributed by atoms with E-state index in [-0.39, 0.29) is 13.1 Å². The van der Waals surface area contributed by atoms with Gasteiger partial charge in [-0.1, -0.05) is 18.2 Å². The van der Waals surface area contributed by atoms with Crippen LogP contribution >= 0.6 is 0 Å². The molecule has 2 amide bonds. The van der Waals surface area contributed by atoms with Crippen LogP contribution in [0.4, 0.5) is 16.2 Å². The Kier molecular flexibility index (Phi) is 6.89. The number of hydrogen-bond acceptors (Lipinski definition) is 5. The number of sulfonamides is 1. The topological polar surface area (TPSA) is 97.0 Å². The molecule has 0 heterocycles. The van der Waals surface area contributed by atoms with Crippen LogP contribution in [0.5, 0.6) is 11.5 Å². The lowest BCUT2D eigenvalue weighted by molar-refractivity contribution is 0.252. The van der Waals surface area contributed by atoms with Crippen molar-refractivity contribution in [2.45, 2.75) is 0 Å². The second kappa shape index (κ2) is 9.13. The maximum absolute atomic E-state index is 12.2. The Bertz CT molecular complexity index is 872. The number of nitrogens with one attached hydrogen (secondary N) is 2. The maximum Gasteiger partial charge on any atom is 0.319 e. The van der Waals surface area contributed by atoms with Gasteiger partial charge in [0.25, 0.3) is 0 Å². The van der Waals surface area contributed by atoms with Crippen molar-refractivity contribution >= 4 is 27.4 Å². The molecule has 0 spiro atoms. The van der Waals surface area contributed by atoms with Crippen molar-refractivity contribution in [3.8, 4) is 11.5 Å². The van der Waals surface area contributed by atoms with Crippen molar-refractivity contribution in [2.75, 3.05) is 43.2 Å².